The second-order valence-corrected chi connectivity index (χ2v) is 3.96. The van der Waals surface area contributed by atoms with E-state index in [1.54, 1.807) is 0 Å². The summed E-state index contributed by atoms with van der Waals surface area (Å²) in [5.74, 6) is 1.77. The molecule has 2 nitrogen and oxygen atoms in total. The third kappa shape index (κ3) is 2.68. The number of hydrogen-bond donors (Lipinski definition) is 0. The number of fused-ring (bicyclic) bond motifs is 1. The Kier molecular flexibility index (Phi) is 3.54. The standard InChI is InChI=1S/C12H17BO2/c1-2-3-4-7-10-13-14-11-8-5-6-9-12(11)15-13/h5-6,8-9H,2-4,7,10H2,1H3. The van der Waals surface area contributed by atoms with E-state index in [-0.39, 0.29) is 7.12 Å². The first-order valence-electron chi connectivity index (χ1n) is 5.82. The molecule has 0 aliphatic carbocycles. The summed E-state index contributed by atoms with van der Waals surface area (Å²) < 4.78 is 11.3. The largest absolute Gasteiger partial charge is 0.594 e. The molecule has 0 N–H and O–H groups in total. The zero-order valence-corrected chi connectivity index (χ0v) is 9.24. The van der Waals surface area contributed by atoms with Crippen LogP contribution in [0.4, 0.5) is 0 Å². The highest BCUT2D eigenvalue weighted by Gasteiger charge is 2.30. The zero-order valence-electron chi connectivity index (χ0n) is 9.24. The predicted molar refractivity (Wildman–Crippen MR) is 62.4 cm³/mol. The number of unbranched alkanes of at least 4 members (excludes halogenated alkanes) is 3. The van der Waals surface area contributed by atoms with Gasteiger partial charge in [0.05, 0.1) is 0 Å². The van der Waals surface area contributed by atoms with Gasteiger partial charge in [0.25, 0.3) is 0 Å². The van der Waals surface area contributed by atoms with E-state index in [9.17, 15) is 0 Å². The van der Waals surface area contributed by atoms with E-state index in [0.717, 1.165) is 17.8 Å². The minimum atomic E-state index is -0.0562. The fraction of sp³-hybridized carbons (Fsp3) is 0.500. The Labute approximate surface area is 91.7 Å². The van der Waals surface area contributed by atoms with Crippen molar-refractivity contribution in [2.75, 3.05) is 0 Å². The van der Waals surface area contributed by atoms with Crippen LogP contribution < -0.4 is 9.31 Å². The van der Waals surface area contributed by atoms with Gasteiger partial charge in [0, 0.05) is 6.32 Å². The van der Waals surface area contributed by atoms with Gasteiger partial charge in [-0.25, -0.2) is 0 Å². The Morgan fingerprint density at radius 1 is 1.00 bits per heavy atom. The summed E-state index contributed by atoms with van der Waals surface area (Å²) in [7, 11) is -0.0562. The van der Waals surface area contributed by atoms with E-state index in [4.69, 9.17) is 9.31 Å². The van der Waals surface area contributed by atoms with Gasteiger partial charge in [0.15, 0.2) is 0 Å². The molecule has 3 heteroatoms. The van der Waals surface area contributed by atoms with Crippen molar-refractivity contribution in [3.63, 3.8) is 0 Å². The predicted octanol–water partition coefficient (Wildman–Crippen LogP) is 3.53. The summed E-state index contributed by atoms with van der Waals surface area (Å²) >= 11 is 0. The molecule has 15 heavy (non-hydrogen) atoms. The quantitative estimate of drug-likeness (QED) is 0.539. The van der Waals surface area contributed by atoms with Crippen LogP contribution in [0.3, 0.4) is 0 Å². The van der Waals surface area contributed by atoms with Crippen molar-refractivity contribution in [1.29, 1.82) is 0 Å². The van der Waals surface area contributed by atoms with E-state index in [1.165, 1.54) is 25.7 Å². The van der Waals surface area contributed by atoms with Crippen molar-refractivity contribution in [2.24, 2.45) is 0 Å². The summed E-state index contributed by atoms with van der Waals surface area (Å²) in [6.45, 7) is 2.22. The molecule has 1 aliphatic rings. The normalized spacial score (nSPS) is 13.3. The SMILES string of the molecule is CCCCCCB1Oc2ccccc2O1. The average Bonchev–Trinajstić information content (AvgIpc) is 2.67. The molecule has 0 saturated heterocycles. The Balaban J connectivity index is 1.76. The Bertz CT molecular complexity index is 289. The van der Waals surface area contributed by atoms with Crippen LogP contribution in [0.15, 0.2) is 24.3 Å². The molecule has 1 heterocycles. The van der Waals surface area contributed by atoms with Gasteiger partial charge >= 0.3 is 7.12 Å². The molecule has 0 saturated carbocycles. The molecule has 1 aliphatic heterocycles. The Morgan fingerprint density at radius 2 is 1.67 bits per heavy atom. The molecule has 2 rings (SSSR count). The molecular weight excluding hydrogens is 187 g/mol. The highest BCUT2D eigenvalue weighted by Crippen LogP contribution is 2.33. The maximum Gasteiger partial charge on any atom is 0.594 e. The minimum absolute atomic E-state index is 0.0562. The van der Waals surface area contributed by atoms with Gasteiger partial charge in [0.1, 0.15) is 11.5 Å². The second-order valence-electron chi connectivity index (χ2n) is 3.96. The molecule has 1 aromatic carbocycles. The van der Waals surface area contributed by atoms with Crippen LogP contribution in [0, 0.1) is 0 Å². The molecule has 1 aromatic rings. The molecule has 0 radical (unpaired) electrons. The van der Waals surface area contributed by atoms with Gasteiger partial charge in [-0.2, -0.15) is 0 Å². The first-order chi connectivity index (χ1) is 7.40. The highest BCUT2D eigenvalue weighted by atomic mass is 16.6. The lowest BCUT2D eigenvalue weighted by Crippen LogP contribution is -2.23. The van der Waals surface area contributed by atoms with Crippen LogP contribution in [0.5, 0.6) is 11.5 Å². The fourth-order valence-electron chi connectivity index (χ4n) is 1.81. The summed E-state index contributed by atoms with van der Waals surface area (Å²) in [6, 6.07) is 7.87. The minimum Gasteiger partial charge on any atom is -0.523 e. The Hall–Kier alpha value is -1.12. The van der Waals surface area contributed by atoms with Crippen molar-refractivity contribution in [1.82, 2.24) is 0 Å². The molecule has 0 atom stereocenters. The van der Waals surface area contributed by atoms with Gasteiger partial charge in [-0.3, -0.25) is 0 Å². The van der Waals surface area contributed by atoms with Gasteiger partial charge in [0.2, 0.25) is 0 Å². The van der Waals surface area contributed by atoms with Gasteiger partial charge in [-0.15, -0.1) is 0 Å². The zero-order chi connectivity index (χ0) is 10.5. The summed E-state index contributed by atoms with van der Waals surface area (Å²) in [5.41, 5.74) is 0. The van der Waals surface area contributed by atoms with E-state index < -0.39 is 0 Å². The summed E-state index contributed by atoms with van der Waals surface area (Å²) in [5, 5.41) is 0. The van der Waals surface area contributed by atoms with Crippen LogP contribution >= 0.6 is 0 Å². The van der Waals surface area contributed by atoms with Crippen LogP contribution in [-0.4, -0.2) is 7.12 Å². The molecule has 0 aromatic heterocycles. The third-order valence-corrected chi connectivity index (χ3v) is 2.66. The van der Waals surface area contributed by atoms with Crippen LogP contribution in [0.25, 0.3) is 0 Å². The van der Waals surface area contributed by atoms with Crippen LogP contribution in [0.2, 0.25) is 6.32 Å². The number of rotatable bonds is 5. The first kappa shape index (κ1) is 10.4. The lowest BCUT2D eigenvalue weighted by atomic mass is 9.82. The maximum absolute atomic E-state index is 5.66. The third-order valence-electron chi connectivity index (χ3n) is 2.66. The Morgan fingerprint density at radius 3 is 2.27 bits per heavy atom. The van der Waals surface area contributed by atoms with Crippen LogP contribution in [0.1, 0.15) is 32.6 Å². The van der Waals surface area contributed by atoms with Gasteiger partial charge < -0.3 is 9.31 Å². The molecule has 80 valence electrons. The van der Waals surface area contributed by atoms with E-state index >= 15 is 0 Å². The monoisotopic (exact) mass is 204 g/mol. The molecule has 0 amide bonds. The molecule has 0 fully saturated rings. The second kappa shape index (κ2) is 5.10. The average molecular weight is 204 g/mol. The topological polar surface area (TPSA) is 18.5 Å². The first-order valence-corrected chi connectivity index (χ1v) is 5.82. The lowest BCUT2D eigenvalue weighted by Gasteiger charge is -2.03. The fourth-order valence-corrected chi connectivity index (χ4v) is 1.81. The van der Waals surface area contributed by atoms with E-state index in [1.807, 2.05) is 24.3 Å². The van der Waals surface area contributed by atoms with Crippen molar-refractivity contribution in [3.8, 4) is 11.5 Å². The molecule has 0 unspecified atom stereocenters. The van der Waals surface area contributed by atoms with Crippen molar-refractivity contribution >= 4 is 7.12 Å². The number of para-hydroxylation sites is 2. The maximum atomic E-state index is 5.66. The molecule has 0 bridgehead atoms. The molecular formula is C12H17BO2. The van der Waals surface area contributed by atoms with Crippen molar-refractivity contribution < 1.29 is 9.31 Å². The van der Waals surface area contributed by atoms with Crippen LogP contribution in [-0.2, 0) is 0 Å². The van der Waals surface area contributed by atoms with Crippen molar-refractivity contribution in [2.45, 2.75) is 38.9 Å². The smallest absolute Gasteiger partial charge is 0.523 e. The summed E-state index contributed by atoms with van der Waals surface area (Å²) in [6.07, 6.45) is 6.03. The molecule has 0 spiro atoms. The van der Waals surface area contributed by atoms with Crippen molar-refractivity contribution in [3.05, 3.63) is 24.3 Å². The lowest BCUT2D eigenvalue weighted by molar-refractivity contribution is 0.489. The van der Waals surface area contributed by atoms with E-state index in [0.29, 0.717) is 0 Å². The van der Waals surface area contributed by atoms with E-state index in [2.05, 4.69) is 6.92 Å². The van der Waals surface area contributed by atoms with Gasteiger partial charge in [-0.05, 0) is 12.1 Å². The number of benzene rings is 1. The summed E-state index contributed by atoms with van der Waals surface area (Å²) in [4.78, 5) is 0. The number of hydrogen-bond acceptors (Lipinski definition) is 2. The highest BCUT2D eigenvalue weighted by molar-refractivity contribution is 6.47. The van der Waals surface area contributed by atoms with Gasteiger partial charge in [-0.1, -0.05) is 44.7 Å².